The number of piperidine rings is 1. The second kappa shape index (κ2) is 9.89. The molecule has 0 aromatic carbocycles. The van der Waals surface area contributed by atoms with E-state index in [4.69, 9.17) is 0 Å². The molecule has 1 aromatic heterocycles. The summed E-state index contributed by atoms with van der Waals surface area (Å²) in [6, 6.07) is 2.41. The maximum Gasteiger partial charge on any atom is 0.242 e. The van der Waals surface area contributed by atoms with E-state index < -0.39 is 0 Å². The highest BCUT2D eigenvalue weighted by molar-refractivity contribution is 7.07. The third kappa shape index (κ3) is 5.93. The van der Waals surface area contributed by atoms with E-state index in [0.29, 0.717) is 30.3 Å². The Kier molecular flexibility index (Phi) is 8.13. The van der Waals surface area contributed by atoms with Gasteiger partial charge in [-0.3, -0.25) is 9.59 Å². The van der Waals surface area contributed by atoms with Crippen LogP contribution >= 0.6 is 23.7 Å². The zero-order valence-corrected chi connectivity index (χ0v) is 18.0. The lowest BCUT2D eigenvalue weighted by molar-refractivity contribution is -0.134. The van der Waals surface area contributed by atoms with Crippen LogP contribution in [0.1, 0.15) is 51.5 Å². The van der Waals surface area contributed by atoms with E-state index in [9.17, 15) is 9.59 Å². The molecule has 1 aliphatic carbocycles. The lowest BCUT2D eigenvalue weighted by Gasteiger charge is -2.29. The van der Waals surface area contributed by atoms with E-state index in [0.717, 1.165) is 38.8 Å². The Hall–Kier alpha value is -1.11. The molecule has 2 N–H and O–H groups in total. The number of rotatable bonds is 8. The molecule has 3 rings (SSSR count). The van der Waals surface area contributed by atoms with Crippen molar-refractivity contribution in [2.45, 2.75) is 58.5 Å². The minimum atomic E-state index is -0.0186. The Bertz CT molecular complexity index is 615. The van der Waals surface area contributed by atoms with Gasteiger partial charge in [-0.05, 0) is 72.5 Å². The summed E-state index contributed by atoms with van der Waals surface area (Å²) in [7, 11) is 0. The molecule has 1 saturated carbocycles. The monoisotopic (exact) mass is 413 g/mol. The van der Waals surface area contributed by atoms with Gasteiger partial charge in [0.05, 0.1) is 6.54 Å². The van der Waals surface area contributed by atoms with Gasteiger partial charge >= 0.3 is 0 Å². The van der Waals surface area contributed by atoms with Crippen molar-refractivity contribution in [1.82, 2.24) is 15.5 Å². The van der Waals surface area contributed by atoms with E-state index in [1.54, 1.807) is 11.3 Å². The predicted octanol–water partition coefficient (Wildman–Crippen LogP) is 3.19. The summed E-state index contributed by atoms with van der Waals surface area (Å²) in [5.74, 6) is 0.530. The summed E-state index contributed by atoms with van der Waals surface area (Å²) in [5, 5.41) is 10.4. The number of hydrogen-bond donors (Lipinski definition) is 2. The van der Waals surface area contributed by atoms with Crippen LogP contribution in [0.3, 0.4) is 0 Å². The molecule has 2 fully saturated rings. The molecule has 1 aliphatic heterocycles. The average Bonchev–Trinajstić information content (AvgIpc) is 3.06. The summed E-state index contributed by atoms with van der Waals surface area (Å²) in [4.78, 5) is 26.9. The summed E-state index contributed by atoms with van der Waals surface area (Å²) in [6.07, 6.45) is 4.75. The van der Waals surface area contributed by atoms with Crippen LogP contribution in [-0.2, 0) is 16.1 Å². The number of amides is 2. The van der Waals surface area contributed by atoms with Crippen LogP contribution in [0.15, 0.2) is 16.8 Å². The fraction of sp³-hybridized carbons (Fsp3) is 0.700. The second-order valence-corrected chi connectivity index (χ2v) is 8.97. The highest BCUT2D eigenvalue weighted by Gasteiger charge is 2.57. The topological polar surface area (TPSA) is 61.4 Å². The number of carbonyl (C=O) groups excluding carboxylic acids is 2. The average molecular weight is 414 g/mol. The first-order valence-corrected chi connectivity index (χ1v) is 10.7. The Morgan fingerprint density at radius 1 is 1.37 bits per heavy atom. The van der Waals surface area contributed by atoms with Gasteiger partial charge in [-0.25, -0.2) is 0 Å². The van der Waals surface area contributed by atoms with Crippen molar-refractivity contribution >= 4 is 35.6 Å². The minimum absolute atomic E-state index is 0. The Labute approximate surface area is 172 Å². The van der Waals surface area contributed by atoms with Crippen molar-refractivity contribution in [1.29, 1.82) is 0 Å². The zero-order valence-electron chi connectivity index (χ0n) is 16.3. The Morgan fingerprint density at radius 3 is 2.74 bits per heavy atom. The number of thiophene rings is 1. The van der Waals surface area contributed by atoms with E-state index in [1.807, 2.05) is 4.90 Å². The first-order chi connectivity index (χ1) is 12.5. The SMILES string of the molecule is CC(C)CCC(=O)NCC(=O)N(Cc1ccsc1)C1CC12CCNCC2.Cl. The van der Waals surface area contributed by atoms with Crippen LogP contribution in [-0.4, -0.2) is 42.4 Å². The number of hydrogen-bond acceptors (Lipinski definition) is 4. The quantitative estimate of drug-likeness (QED) is 0.688. The van der Waals surface area contributed by atoms with Crippen molar-refractivity contribution in [2.24, 2.45) is 11.3 Å². The highest BCUT2D eigenvalue weighted by atomic mass is 35.5. The molecule has 5 nitrogen and oxygen atoms in total. The number of nitrogens with zero attached hydrogens (tertiary/aromatic N) is 1. The molecule has 2 aliphatic rings. The standard InChI is InChI=1S/C20H31N3O2S.ClH/c1-15(2)3-4-18(24)22-12-19(25)23(13-16-5-10-26-14-16)17-11-20(17)6-8-21-9-7-20;/h5,10,14-15,17,21H,3-4,6-9,11-13H2,1-2H3,(H,22,24);1H. The first kappa shape index (κ1) is 22.2. The van der Waals surface area contributed by atoms with Crippen LogP contribution in [0, 0.1) is 11.3 Å². The van der Waals surface area contributed by atoms with E-state index >= 15 is 0 Å². The molecule has 1 saturated heterocycles. The summed E-state index contributed by atoms with van der Waals surface area (Å²) in [6.45, 7) is 7.07. The van der Waals surface area contributed by atoms with E-state index in [1.165, 1.54) is 5.56 Å². The van der Waals surface area contributed by atoms with Gasteiger partial charge in [0.1, 0.15) is 0 Å². The van der Waals surface area contributed by atoms with Gasteiger partial charge in [0.25, 0.3) is 0 Å². The molecule has 7 heteroatoms. The summed E-state index contributed by atoms with van der Waals surface area (Å²) < 4.78 is 0. The van der Waals surface area contributed by atoms with Gasteiger partial charge in [0.15, 0.2) is 0 Å². The van der Waals surface area contributed by atoms with Crippen LogP contribution in [0.2, 0.25) is 0 Å². The lowest BCUT2D eigenvalue weighted by atomic mass is 9.93. The smallest absolute Gasteiger partial charge is 0.242 e. The fourth-order valence-electron chi connectivity index (χ4n) is 3.96. The van der Waals surface area contributed by atoms with Crippen molar-refractivity contribution in [3.63, 3.8) is 0 Å². The molecule has 27 heavy (non-hydrogen) atoms. The molecule has 0 bridgehead atoms. The lowest BCUT2D eigenvalue weighted by Crippen LogP contribution is -2.43. The third-order valence-corrected chi connectivity index (χ3v) is 6.49. The van der Waals surface area contributed by atoms with Crippen LogP contribution in [0.5, 0.6) is 0 Å². The van der Waals surface area contributed by atoms with Crippen molar-refractivity contribution in [3.8, 4) is 0 Å². The van der Waals surface area contributed by atoms with Gasteiger partial charge in [0.2, 0.25) is 11.8 Å². The van der Waals surface area contributed by atoms with Gasteiger partial charge in [-0.1, -0.05) is 13.8 Å². The Balaban J connectivity index is 0.00000261. The number of carbonyl (C=O) groups is 2. The summed E-state index contributed by atoms with van der Waals surface area (Å²) >= 11 is 1.66. The Morgan fingerprint density at radius 2 is 2.11 bits per heavy atom. The minimum Gasteiger partial charge on any atom is -0.347 e. The first-order valence-electron chi connectivity index (χ1n) is 9.78. The van der Waals surface area contributed by atoms with Crippen molar-refractivity contribution < 1.29 is 9.59 Å². The molecule has 152 valence electrons. The normalized spacial score (nSPS) is 20.2. The molecule has 1 spiro atoms. The van der Waals surface area contributed by atoms with Gasteiger partial charge in [0, 0.05) is 19.0 Å². The van der Waals surface area contributed by atoms with Crippen LogP contribution in [0.25, 0.3) is 0 Å². The molecule has 1 atom stereocenters. The molecular formula is C20H32ClN3O2S. The number of nitrogens with one attached hydrogen (secondary N) is 2. The molecule has 1 aromatic rings. The van der Waals surface area contributed by atoms with Crippen LogP contribution in [0.4, 0.5) is 0 Å². The highest BCUT2D eigenvalue weighted by Crippen LogP contribution is 2.56. The zero-order chi connectivity index (χ0) is 18.6. The van der Waals surface area contributed by atoms with E-state index in [2.05, 4.69) is 41.3 Å². The molecule has 2 heterocycles. The second-order valence-electron chi connectivity index (χ2n) is 8.19. The van der Waals surface area contributed by atoms with Crippen molar-refractivity contribution in [3.05, 3.63) is 22.4 Å². The van der Waals surface area contributed by atoms with Crippen molar-refractivity contribution in [2.75, 3.05) is 19.6 Å². The van der Waals surface area contributed by atoms with Crippen LogP contribution < -0.4 is 10.6 Å². The molecule has 1 unspecified atom stereocenters. The van der Waals surface area contributed by atoms with Gasteiger partial charge in [-0.2, -0.15) is 11.3 Å². The molecule has 2 amide bonds. The van der Waals surface area contributed by atoms with Gasteiger partial charge in [-0.15, -0.1) is 12.4 Å². The van der Waals surface area contributed by atoms with E-state index in [-0.39, 0.29) is 30.8 Å². The van der Waals surface area contributed by atoms with Gasteiger partial charge < -0.3 is 15.5 Å². The molecular weight excluding hydrogens is 382 g/mol. The third-order valence-electron chi connectivity index (χ3n) is 5.76. The fourth-order valence-corrected chi connectivity index (χ4v) is 4.62. The molecule has 0 radical (unpaired) electrons. The predicted molar refractivity (Wildman–Crippen MR) is 112 cm³/mol. The largest absolute Gasteiger partial charge is 0.347 e. The maximum atomic E-state index is 12.9. The maximum absolute atomic E-state index is 12.9. The number of halogens is 1. The summed E-state index contributed by atoms with van der Waals surface area (Å²) in [5.41, 5.74) is 1.49.